The Balaban J connectivity index is 1.51. The molecule has 0 bridgehead atoms. The van der Waals surface area contributed by atoms with E-state index in [2.05, 4.69) is 16.0 Å². The van der Waals surface area contributed by atoms with Crippen molar-refractivity contribution in [3.05, 3.63) is 54.4 Å². The van der Waals surface area contributed by atoms with Crippen molar-refractivity contribution >= 4 is 0 Å². The fraction of sp³-hybridized carbons (Fsp3) is 0.476. The molecule has 1 atom stereocenters. The van der Waals surface area contributed by atoms with Gasteiger partial charge in [-0.1, -0.05) is 12.5 Å². The van der Waals surface area contributed by atoms with E-state index in [0.717, 1.165) is 24.6 Å². The molecule has 0 N–H and O–H groups in total. The number of ether oxygens (including phenoxy) is 2. The maximum atomic E-state index is 5.94. The zero-order valence-electron chi connectivity index (χ0n) is 15.2. The van der Waals surface area contributed by atoms with E-state index in [0.29, 0.717) is 12.6 Å². The Bertz CT molecular complexity index is 628. The van der Waals surface area contributed by atoms with Crippen LogP contribution in [0.1, 0.15) is 44.7 Å². The predicted octanol–water partition coefficient (Wildman–Crippen LogP) is 4.47. The first-order chi connectivity index (χ1) is 12.2. The Morgan fingerprint density at radius 2 is 1.92 bits per heavy atom. The van der Waals surface area contributed by atoms with Gasteiger partial charge in [-0.15, -0.1) is 0 Å². The molecule has 4 nitrogen and oxygen atoms in total. The summed E-state index contributed by atoms with van der Waals surface area (Å²) in [5, 5.41) is 0. The number of pyridine rings is 1. The molecule has 2 heterocycles. The summed E-state index contributed by atoms with van der Waals surface area (Å²) in [6, 6.07) is 12.6. The number of hydrogen-bond donors (Lipinski definition) is 0. The standard InChI is InChI=1S/C21H28N2O2/c1-17(2)25-20-10-8-19(9-11-20)24-15-14-23-13-4-3-7-21(23)18-6-5-12-22-16-18/h5-6,8-12,16-17,21H,3-4,7,13-15H2,1-2H3/t21-/m1/s1. The van der Waals surface area contributed by atoms with Crippen LogP contribution < -0.4 is 9.47 Å². The quantitative estimate of drug-likeness (QED) is 0.744. The van der Waals surface area contributed by atoms with Crippen LogP contribution in [0, 0.1) is 0 Å². The Morgan fingerprint density at radius 3 is 2.64 bits per heavy atom. The molecular weight excluding hydrogens is 312 g/mol. The van der Waals surface area contributed by atoms with Gasteiger partial charge < -0.3 is 9.47 Å². The van der Waals surface area contributed by atoms with Crippen LogP contribution in [0.2, 0.25) is 0 Å². The van der Waals surface area contributed by atoms with Crippen LogP contribution in [0.5, 0.6) is 11.5 Å². The monoisotopic (exact) mass is 340 g/mol. The summed E-state index contributed by atoms with van der Waals surface area (Å²) in [6.07, 6.45) is 7.78. The fourth-order valence-corrected chi connectivity index (χ4v) is 3.38. The lowest BCUT2D eigenvalue weighted by Crippen LogP contribution is -2.36. The lowest BCUT2D eigenvalue weighted by molar-refractivity contribution is 0.123. The largest absolute Gasteiger partial charge is 0.492 e. The Kier molecular flexibility index (Phi) is 6.29. The molecule has 1 aromatic carbocycles. The van der Waals surface area contributed by atoms with Crippen molar-refractivity contribution in [1.29, 1.82) is 0 Å². The number of piperidine rings is 1. The van der Waals surface area contributed by atoms with E-state index in [1.807, 2.05) is 56.6 Å². The highest BCUT2D eigenvalue weighted by Gasteiger charge is 2.23. The molecule has 1 aromatic heterocycles. The van der Waals surface area contributed by atoms with Gasteiger partial charge in [-0.2, -0.15) is 0 Å². The smallest absolute Gasteiger partial charge is 0.119 e. The first kappa shape index (κ1) is 17.7. The molecule has 0 radical (unpaired) electrons. The number of hydrogen-bond acceptors (Lipinski definition) is 4. The van der Waals surface area contributed by atoms with Gasteiger partial charge in [-0.25, -0.2) is 0 Å². The SMILES string of the molecule is CC(C)Oc1ccc(OCCN2CCCC[C@@H]2c2cccnc2)cc1. The minimum atomic E-state index is 0.190. The number of rotatable bonds is 7. The molecular formula is C21H28N2O2. The number of nitrogens with zero attached hydrogens (tertiary/aromatic N) is 2. The summed E-state index contributed by atoms with van der Waals surface area (Å²) >= 11 is 0. The molecule has 0 spiro atoms. The zero-order chi connectivity index (χ0) is 17.5. The predicted molar refractivity (Wildman–Crippen MR) is 100 cm³/mol. The van der Waals surface area contributed by atoms with E-state index in [1.165, 1.54) is 24.8 Å². The fourth-order valence-electron chi connectivity index (χ4n) is 3.38. The molecule has 134 valence electrons. The van der Waals surface area contributed by atoms with Crippen molar-refractivity contribution in [2.45, 2.75) is 45.3 Å². The molecule has 0 unspecified atom stereocenters. The van der Waals surface area contributed by atoms with E-state index in [-0.39, 0.29) is 6.10 Å². The average molecular weight is 340 g/mol. The topological polar surface area (TPSA) is 34.6 Å². The summed E-state index contributed by atoms with van der Waals surface area (Å²) in [7, 11) is 0. The Hall–Kier alpha value is -2.07. The minimum absolute atomic E-state index is 0.190. The highest BCUT2D eigenvalue weighted by Crippen LogP contribution is 2.30. The van der Waals surface area contributed by atoms with Gasteiger partial charge in [-0.05, 0) is 69.1 Å². The Labute approximate surface area is 150 Å². The van der Waals surface area contributed by atoms with E-state index in [4.69, 9.17) is 9.47 Å². The average Bonchev–Trinajstić information content (AvgIpc) is 2.64. The van der Waals surface area contributed by atoms with Gasteiger partial charge in [0.05, 0.1) is 6.10 Å². The molecule has 0 amide bonds. The molecule has 3 rings (SSSR count). The lowest BCUT2D eigenvalue weighted by Gasteiger charge is -2.35. The molecule has 0 aliphatic carbocycles. The third-order valence-corrected chi connectivity index (χ3v) is 4.53. The van der Waals surface area contributed by atoms with Crippen LogP contribution in [0.15, 0.2) is 48.8 Å². The summed E-state index contributed by atoms with van der Waals surface area (Å²) in [6.45, 7) is 6.82. The van der Waals surface area contributed by atoms with Gasteiger partial charge in [0.2, 0.25) is 0 Å². The minimum Gasteiger partial charge on any atom is -0.492 e. The van der Waals surface area contributed by atoms with Crippen molar-refractivity contribution in [1.82, 2.24) is 9.88 Å². The maximum Gasteiger partial charge on any atom is 0.119 e. The van der Waals surface area contributed by atoms with Crippen LogP contribution >= 0.6 is 0 Å². The third-order valence-electron chi connectivity index (χ3n) is 4.53. The van der Waals surface area contributed by atoms with Crippen LogP contribution in [0.25, 0.3) is 0 Å². The maximum absolute atomic E-state index is 5.94. The van der Waals surface area contributed by atoms with E-state index in [9.17, 15) is 0 Å². The van der Waals surface area contributed by atoms with Crippen molar-refractivity contribution in [2.75, 3.05) is 19.7 Å². The molecule has 2 aromatic rings. The molecule has 1 aliphatic rings. The van der Waals surface area contributed by atoms with Gasteiger partial charge in [0.25, 0.3) is 0 Å². The van der Waals surface area contributed by atoms with E-state index < -0.39 is 0 Å². The molecule has 1 aliphatic heterocycles. The van der Waals surface area contributed by atoms with Gasteiger partial charge in [0.1, 0.15) is 18.1 Å². The van der Waals surface area contributed by atoms with Crippen LogP contribution in [-0.4, -0.2) is 35.7 Å². The van der Waals surface area contributed by atoms with Gasteiger partial charge in [0.15, 0.2) is 0 Å². The van der Waals surface area contributed by atoms with Crippen molar-refractivity contribution in [2.24, 2.45) is 0 Å². The second-order valence-corrected chi connectivity index (χ2v) is 6.82. The summed E-state index contributed by atoms with van der Waals surface area (Å²) in [5.74, 6) is 1.78. The van der Waals surface area contributed by atoms with Gasteiger partial charge in [0, 0.05) is 25.0 Å². The van der Waals surface area contributed by atoms with Crippen molar-refractivity contribution < 1.29 is 9.47 Å². The lowest BCUT2D eigenvalue weighted by atomic mass is 9.96. The van der Waals surface area contributed by atoms with Crippen molar-refractivity contribution in [3.8, 4) is 11.5 Å². The Morgan fingerprint density at radius 1 is 1.12 bits per heavy atom. The second-order valence-electron chi connectivity index (χ2n) is 6.82. The van der Waals surface area contributed by atoms with Crippen LogP contribution in [-0.2, 0) is 0 Å². The van der Waals surface area contributed by atoms with Gasteiger partial charge >= 0.3 is 0 Å². The zero-order valence-corrected chi connectivity index (χ0v) is 15.2. The molecule has 1 saturated heterocycles. The first-order valence-electron chi connectivity index (χ1n) is 9.26. The summed E-state index contributed by atoms with van der Waals surface area (Å²) in [4.78, 5) is 6.81. The van der Waals surface area contributed by atoms with Gasteiger partial charge in [-0.3, -0.25) is 9.88 Å². The highest BCUT2D eigenvalue weighted by atomic mass is 16.5. The molecule has 0 saturated carbocycles. The van der Waals surface area contributed by atoms with Crippen LogP contribution in [0.3, 0.4) is 0 Å². The molecule has 1 fully saturated rings. The van der Waals surface area contributed by atoms with Crippen LogP contribution in [0.4, 0.5) is 0 Å². The highest BCUT2D eigenvalue weighted by molar-refractivity contribution is 5.31. The molecule has 4 heteroatoms. The van der Waals surface area contributed by atoms with E-state index >= 15 is 0 Å². The normalized spacial score (nSPS) is 18.3. The second kappa shape index (κ2) is 8.86. The van der Waals surface area contributed by atoms with Crippen molar-refractivity contribution in [3.63, 3.8) is 0 Å². The number of likely N-dealkylation sites (tertiary alicyclic amines) is 1. The number of aromatic nitrogens is 1. The van der Waals surface area contributed by atoms with E-state index in [1.54, 1.807) is 0 Å². The summed E-state index contributed by atoms with van der Waals surface area (Å²) in [5.41, 5.74) is 1.32. The number of benzene rings is 1. The summed E-state index contributed by atoms with van der Waals surface area (Å²) < 4.78 is 11.6. The molecule has 25 heavy (non-hydrogen) atoms. The first-order valence-corrected chi connectivity index (χ1v) is 9.26. The third kappa shape index (κ3) is 5.20.